The lowest BCUT2D eigenvalue weighted by atomic mass is 10.1. The van der Waals surface area contributed by atoms with Crippen LogP contribution in [0.4, 0.5) is 0 Å². The average Bonchev–Trinajstić information content (AvgIpc) is 3.02. The van der Waals surface area contributed by atoms with Crippen molar-refractivity contribution < 1.29 is 9.47 Å². The molecule has 0 atom stereocenters. The number of hydrogen-bond donors (Lipinski definition) is 1. The number of methoxy groups -OCH3 is 1. The van der Waals surface area contributed by atoms with Gasteiger partial charge in [0.05, 0.1) is 7.11 Å². The largest absolute Gasteiger partial charge is 0.497 e. The second-order valence-electron chi connectivity index (χ2n) is 4.88. The van der Waals surface area contributed by atoms with Crippen LogP contribution in [0.5, 0.6) is 11.5 Å². The van der Waals surface area contributed by atoms with E-state index in [9.17, 15) is 0 Å². The summed E-state index contributed by atoms with van der Waals surface area (Å²) in [5.41, 5.74) is 2.17. The van der Waals surface area contributed by atoms with Crippen molar-refractivity contribution in [3.8, 4) is 22.9 Å². The third-order valence-corrected chi connectivity index (χ3v) is 3.35. The molecule has 5 heteroatoms. The molecule has 0 amide bonds. The number of nitrogens with zero attached hydrogens (tertiary/aromatic N) is 2. The van der Waals surface area contributed by atoms with Crippen molar-refractivity contribution in [2.24, 2.45) is 0 Å². The first kappa shape index (κ1) is 14.1. The number of benzene rings is 2. The lowest BCUT2D eigenvalue weighted by molar-refractivity contribution is 0.296. The molecule has 0 aliphatic rings. The predicted molar refractivity (Wildman–Crippen MR) is 83.9 cm³/mol. The van der Waals surface area contributed by atoms with Crippen LogP contribution in [0.2, 0.25) is 0 Å². The summed E-state index contributed by atoms with van der Waals surface area (Å²) in [6.07, 6.45) is 0. The van der Waals surface area contributed by atoms with E-state index in [4.69, 9.17) is 9.47 Å². The minimum absolute atomic E-state index is 0.339. The van der Waals surface area contributed by atoms with E-state index in [1.807, 2.05) is 55.5 Å². The molecule has 1 heterocycles. The van der Waals surface area contributed by atoms with E-state index < -0.39 is 0 Å². The van der Waals surface area contributed by atoms with Crippen LogP contribution >= 0.6 is 0 Å². The Kier molecular flexibility index (Phi) is 4.05. The summed E-state index contributed by atoms with van der Waals surface area (Å²) in [7, 11) is 1.64. The SMILES string of the molecule is COc1ccc(OCc2nc(-c3ccccc3C)n[nH]2)cc1. The molecule has 1 aromatic heterocycles. The summed E-state index contributed by atoms with van der Waals surface area (Å²) in [4.78, 5) is 4.47. The smallest absolute Gasteiger partial charge is 0.181 e. The van der Waals surface area contributed by atoms with Crippen LogP contribution in [-0.2, 0) is 6.61 Å². The lowest BCUT2D eigenvalue weighted by Gasteiger charge is -2.04. The third-order valence-electron chi connectivity index (χ3n) is 3.35. The maximum atomic E-state index is 5.68. The number of rotatable bonds is 5. The van der Waals surface area contributed by atoms with Crippen LogP contribution in [0.1, 0.15) is 11.4 Å². The fraction of sp³-hybridized carbons (Fsp3) is 0.176. The first-order chi connectivity index (χ1) is 10.8. The average molecular weight is 295 g/mol. The second kappa shape index (κ2) is 6.30. The highest BCUT2D eigenvalue weighted by atomic mass is 16.5. The second-order valence-corrected chi connectivity index (χ2v) is 4.88. The minimum Gasteiger partial charge on any atom is -0.497 e. The monoisotopic (exact) mass is 295 g/mol. The quantitative estimate of drug-likeness (QED) is 0.784. The van der Waals surface area contributed by atoms with Gasteiger partial charge in [0.2, 0.25) is 0 Å². The molecule has 22 heavy (non-hydrogen) atoms. The van der Waals surface area contributed by atoms with Gasteiger partial charge in [-0.3, -0.25) is 5.10 Å². The van der Waals surface area contributed by atoms with Crippen molar-refractivity contribution in [3.63, 3.8) is 0 Å². The maximum Gasteiger partial charge on any atom is 0.181 e. The molecule has 0 spiro atoms. The van der Waals surface area contributed by atoms with Gasteiger partial charge in [0.15, 0.2) is 11.6 Å². The minimum atomic E-state index is 0.339. The molecule has 0 radical (unpaired) electrons. The van der Waals surface area contributed by atoms with E-state index in [1.54, 1.807) is 7.11 Å². The van der Waals surface area contributed by atoms with Crippen LogP contribution in [0, 0.1) is 6.92 Å². The van der Waals surface area contributed by atoms with Gasteiger partial charge in [-0.15, -0.1) is 0 Å². The van der Waals surface area contributed by atoms with Gasteiger partial charge in [-0.2, -0.15) is 5.10 Å². The molecule has 0 bridgehead atoms. The summed E-state index contributed by atoms with van der Waals surface area (Å²) < 4.78 is 10.8. The molecule has 0 saturated carbocycles. The van der Waals surface area contributed by atoms with Crippen LogP contribution in [0.25, 0.3) is 11.4 Å². The van der Waals surface area contributed by atoms with Gasteiger partial charge >= 0.3 is 0 Å². The van der Waals surface area contributed by atoms with Crippen molar-refractivity contribution in [2.45, 2.75) is 13.5 Å². The Morgan fingerprint density at radius 1 is 1.00 bits per heavy atom. The van der Waals surface area contributed by atoms with Gasteiger partial charge in [-0.25, -0.2) is 4.98 Å². The van der Waals surface area contributed by atoms with E-state index in [2.05, 4.69) is 15.2 Å². The Bertz CT molecular complexity index is 751. The Labute approximate surface area is 128 Å². The lowest BCUT2D eigenvalue weighted by Crippen LogP contribution is -1.97. The zero-order chi connectivity index (χ0) is 15.4. The van der Waals surface area contributed by atoms with Crippen molar-refractivity contribution in [1.29, 1.82) is 0 Å². The molecule has 3 aromatic rings. The molecule has 0 fully saturated rings. The number of aromatic amines is 1. The summed E-state index contributed by atoms with van der Waals surface area (Å²) in [6.45, 7) is 2.38. The van der Waals surface area contributed by atoms with Crippen molar-refractivity contribution in [1.82, 2.24) is 15.2 Å². The van der Waals surface area contributed by atoms with E-state index in [0.717, 1.165) is 22.6 Å². The van der Waals surface area contributed by atoms with Gasteiger partial charge in [0.1, 0.15) is 18.1 Å². The van der Waals surface area contributed by atoms with E-state index >= 15 is 0 Å². The van der Waals surface area contributed by atoms with Gasteiger partial charge in [-0.1, -0.05) is 24.3 Å². The van der Waals surface area contributed by atoms with E-state index in [-0.39, 0.29) is 0 Å². The molecule has 3 rings (SSSR count). The summed E-state index contributed by atoms with van der Waals surface area (Å²) in [5.74, 6) is 2.93. The van der Waals surface area contributed by atoms with Gasteiger partial charge < -0.3 is 9.47 Å². The number of ether oxygens (including phenoxy) is 2. The highest BCUT2D eigenvalue weighted by Gasteiger charge is 2.08. The highest BCUT2D eigenvalue weighted by molar-refractivity contribution is 5.59. The zero-order valence-electron chi connectivity index (χ0n) is 12.5. The third kappa shape index (κ3) is 3.09. The normalized spacial score (nSPS) is 10.5. The standard InChI is InChI=1S/C17H17N3O2/c1-12-5-3-4-6-15(12)17-18-16(19-20-17)11-22-14-9-7-13(21-2)8-10-14/h3-10H,11H2,1-2H3,(H,18,19,20). The summed E-state index contributed by atoms with van der Waals surface area (Å²) in [5, 5.41) is 7.16. The molecule has 0 saturated heterocycles. The fourth-order valence-electron chi connectivity index (χ4n) is 2.13. The molecule has 0 unspecified atom stereocenters. The van der Waals surface area contributed by atoms with Crippen LogP contribution in [-0.4, -0.2) is 22.3 Å². The highest BCUT2D eigenvalue weighted by Crippen LogP contribution is 2.20. The first-order valence-electron chi connectivity index (χ1n) is 7.00. The topological polar surface area (TPSA) is 60.0 Å². The van der Waals surface area contributed by atoms with Gasteiger partial charge in [-0.05, 0) is 36.8 Å². The van der Waals surface area contributed by atoms with Gasteiger partial charge in [0.25, 0.3) is 0 Å². The summed E-state index contributed by atoms with van der Waals surface area (Å²) in [6, 6.07) is 15.5. The molecular formula is C17H17N3O2. The number of hydrogen-bond acceptors (Lipinski definition) is 4. The molecule has 5 nitrogen and oxygen atoms in total. The van der Waals surface area contributed by atoms with E-state index in [0.29, 0.717) is 18.3 Å². The van der Waals surface area contributed by atoms with Crippen LogP contribution in [0.15, 0.2) is 48.5 Å². The van der Waals surface area contributed by atoms with Crippen molar-refractivity contribution in [2.75, 3.05) is 7.11 Å². The number of aryl methyl sites for hydroxylation is 1. The van der Waals surface area contributed by atoms with E-state index in [1.165, 1.54) is 0 Å². The molecule has 0 aliphatic carbocycles. The Morgan fingerprint density at radius 3 is 2.45 bits per heavy atom. The molecule has 2 aromatic carbocycles. The molecule has 1 N–H and O–H groups in total. The zero-order valence-corrected chi connectivity index (χ0v) is 12.5. The van der Waals surface area contributed by atoms with Crippen molar-refractivity contribution >= 4 is 0 Å². The number of aromatic nitrogens is 3. The fourth-order valence-corrected chi connectivity index (χ4v) is 2.13. The number of nitrogens with one attached hydrogen (secondary N) is 1. The van der Waals surface area contributed by atoms with Crippen LogP contribution in [0.3, 0.4) is 0 Å². The maximum absolute atomic E-state index is 5.68. The molecular weight excluding hydrogens is 278 g/mol. The summed E-state index contributed by atoms with van der Waals surface area (Å²) >= 11 is 0. The van der Waals surface area contributed by atoms with Crippen molar-refractivity contribution in [3.05, 3.63) is 59.9 Å². The Balaban J connectivity index is 1.68. The Morgan fingerprint density at radius 2 is 1.73 bits per heavy atom. The molecule has 0 aliphatic heterocycles. The van der Waals surface area contributed by atoms with Crippen LogP contribution < -0.4 is 9.47 Å². The predicted octanol–water partition coefficient (Wildman–Crippen LogP) is 3.37. The first-order valence-corrected chi connectivity index (χ1v) is 7.00. The Hall–Kier alpha value is -2.82. The van der Waals surface area contributed by atoms with Gasteiger partial charge in [0, 0.05) is 5.56 Å². The molecule has 112 valence electrons. The number of H-pyrrole nitrogens is 1.